The highest BCUT2D eigenvalue weighted by Crippen LogP contribution is 2.35. The number of hydrogen-bond donors (Lipinski definition) is 2. The van der Waals surface area contributed by atoms with Crippen LogP contribution in [0.25, 0.3) is 0 Å². The molecule has 1 fully saturated rings. The minimum atomic E-state index is -0.909. The van der Waals surface area contributed by atoms with Gasteiger partial charge in [0, 0.05) is 0 Å². The summed E-state index contributed by atoms with van der Waals surface area (Å²) in [4.78, 5) is 11.0. The van der Waals surface area contributed by atoms with Gasteiger partial charge >= 0.3 is 5.97 Å². The molecule has 0 saturated heterocycles. The second kappa shape index (κ2) is 4.60. The molecule has 0 heterocycles. The van der Waals surface area contributed by atoms with Crippen LogP contribution in [0.3, 0.4) is 0 Å². The number of aliphatic hydroxyl groups is 1. The van der Waals surface area contributed by atoms with Gasteiger partial charge in [0.1, 0.15) is 0 Å². The van der Waals surface area contributed by atoms with E-state index in [1.807, 2.05) is 0 Å². The minimum Gasteiger partial charge on any atom is -0.481 e. The van der Waals surface area contributed by atoms with Crippen molar-refractivity contribution >= 4 is 5.97 Å². The van der Waals surface area contributed by atoms with Crippen LogP contribution in [0.5, 0.6) is 0 Å². The number of allylic oxidation sites excluding steroid dienone is 1. The van der Waals surface area contributed by atoms with Crippen LogP contribution in [0.4, 0.5) is 0 Å². The van der Waals surface area contributed by atoms with E-state index in [2.05, 4.69) is 6.58 Å². The summed E-state index contributed by atoms with van der Waals surface area (Å²) in [5.74, 6) is -1.63. The molecule has 0 aromatic carbocycles. The second-order valence-electron chi connectivity index (χ2n) is 4.12. The molecular formula is C11H18O3. The molecule has 80 valence electrons. The zero-order valence-electron chi connectivity index (χ0n) is 8.57. The molecule has 1 aliphatic carbocycles. The topological polar surface area (TPSA) is 57.5 Å². The van der Waals surface area contributed by atoms with Crippen LogP contribution in [0, 0.1) is 11.8 Å². The highest BCUT2D eigenvalue weighted by atomic mass is 16.4. The molecule has 1 aliphatic rings. The van der Waals surface area contributed by atoms with Crippen LogP contribution in [0.15, 0.2) is 12.2 Å². The first-order valence-electron chi connectivity index (χ1n) is 5.12. The molecule has 1 saturated carbocycles. The van der Waals surface area contributed by atoms with Crippen molar-refractivity contribution in [3.05, 3.63) is 12.2 Å². The number of carboxylic acids is 1. The van der Waals surface area contributed by atoms with Crippen LogP contribution in [0.2, 0.25) is 0 Å². The molecule has 1 rings (SSSR count). The van der Waals surface area contributed by atoms with E-state index in [4.69, 9.17) is 5.11 Å². The smallest absolute Gasteiger partial charge is 0.309 e. The first kappa shape index (κ1) is 11.2. The van der Waals surface area contributed by atoms with Crippen molar-refractivity contribution in [2.45, 2.75) is 38.7 Å². The lowest BCUT2D eigenvalue weighted by atomic mass is 9.75. The van der Waals surface area contributed by atoms with E-state index >= 15 is 0 Å². The van der Waals surface area contributed by atoms with E-state index in [-0.39, 0.29) is 5.92 Å². The average Bonchev–Trinajstić information content (AvgIpc) is 2.07. The molecule has 3 nitrogen and oxygen atoms in total. The molecule has 0 aromatic rings. The van der Waals surface area contributed by atoms with Gasteiger partial charge in [-0.25, -0.2) is 0 Å². The van der Waals surface area contributed by atoms with Crippen LogP contribution >= 0.6 is 0 Å². The predicted octanol–water partition coefficient (Wildman–Crippen LogP) is 1.81. The summed E-state index contributed by atoms with van der Waals surface area (Å²) < 4.78 is 0. The Bertz CT molecular complexity index is 233. The van der Waals surface area contributed by atoms with Crippen LogP contribution in [-0.2, 0) is 4.79 Å². The van der Waals surface area contributed by atoms with Crippen LogP contribution < -0.4 is 0 Å². The van der Waals surface area contributed by atoms with E-state index in [1.165, 1.54) is 0 Å². The maximum atomic E-state index is 11.0. The van der Waals surface area contributed by atoms with Gasteiger partial charge < -0.3 is 10.2 Å². The molecule has 3 heteroatoms. The number of aliphatic hydroxyl groups excluding tert-OH is 1. The lowest BCUT2D eigenvalue weighted by Crippen LogP contribution is -2.34. The maximum absolute atomic E-state index is 11.0. The number of rotatable bonds is 3. The summed E-state index contributed by atoms with van der Waals surface area (Å²) in [7, 11) is 0. The molecule has 0 aromatic heterocycles. The zero-order chi connectivity index (χ0) is 10.7. The summed E-state index contributed by atoms with van der Waals surface area (Å²) >= 11 is 0. The molecular weight excluding hydrogens is 180 g/mol. The Hall–Kier alpha value is -0.830. The standard InChI is InChI=1S/C11H18O3/c1-7-5-3-4-6-9(7)10(8(2)12)11(13)14/h8-10,12H,1,3-6H2,2H3,(H,13,14)/t8-,9-,10+/m0/s1. The van der Waals surface area contributed by atoms with Crippen molar-refractivity contribution in [1.29, 1.82) is 0 Å². The average molecular weight is 198 g/mol. The van der Waals surface area contributed by atoms with Crippen molar-refractivity contribution in [2.75, 3.05) is 0 Å². The quantitative estimate of drug-likeness (QED) is 0.680. The molecule has 0 unspecified atom stereocenters. The van der Waals surface area contributed by atoms with Gasteiger partial charge in [0.2, 0.25) is 0 Å². The summed E-state index contributed by atoms with van der Waals surface area (Å²) in [5.41, 5.74) is 0.990. The first-order chi connectivity index (χ1) is 6.54. The van der Waals surface area contributed by atoms with Gasteiger partial charge in [-0.2, -0.15) is 0 Å². The molecule has 0 amide bonds. The Kier molecular flexibility index (Phi) is 3.69. The third-order valence-electron chi connectivity index (χ3n) is 3.03. The van der Waals surface area contributed by atoms with Gasteiger partial charge in [-0.15, -0.1) is 0 Å². The number of carbonyl (C=O) groups is 1. The molecule has 0 radical (unpaired) electrons. The Labute approximate surface area is 84.4 Å². The summed E-state index contributed by atoms with van der Waals surface area (Å²) in [6, 6.07) is 0. The number of aliphatic carboxylic acids is 1. The van der Waals surface area contributed by atoms with E-state index in [1.54, 1.807) is 6.92 Å². The molecule has 0 spiro atoms. The molecule has 14 heavy (non-hydrogen) atoms. The fourth-order valence-electron chi connectivity index (χ4n) is 2.25. The van der Waals surface area contributed by atoms with Gasteiger partial charge in [0.25, 0.3) is 0 Å². The summed E-state index contributed by atoms with van der Waals surface area (Å²) in [6.07, 6.45) is 3.09. The van der Waals surface area contributed by atoms with Gasteiger partial charge in [0.05, 0.1) is 12.0 Å². The van der Waals surface area contributed by atoms with Crippen LogP contribution in [-0.4, -0.2) is 22.3 Å². The normalized spacial score (nSPS) is 27.0. The van der Waals surface area contributed by atoms with E-state index < -0.39 is 18.0 Å². The molecule has 0 bridgehead atoms. The van der Waals surface area contributed by atoms with Crippen molar-refractivity contribution < 1.29 is 15.0 Å². The van der Waals surface area contributed by atoms with Gasteiger partial charge in [0.15, 0.2) is 0 Å². The monoisotopic (exact) mass is 198 g/mol. The fourth-order valence-corrected chi connectivity index (χ4v) is 2.25. The highest BCUT2D eigenvalue weighted by molar-refractivity contribution is 5.71. The van der Waals surface area contributed by atoms with Crippen molar-refractivity contribution in [3.63, 3.8) is 0 Å². The molecule has 3 atom stereocenters. The molecule has 2 N–H and O–H groups in total. The number of hydrogen-bond acceptors (Lipinski definition) is 2. The lowest BCUT2D eigenvalue weighted by molar-refractivity contribution is -0.147. The number of carboxylic acid groups (broad SMARTS) is 1. The lowest BCUT2D eigenvalue weighted by Gasteiger charge is -2.31. The fraction of sp³-hybridized carbons (Fsp3) is 0.727. The van der Waals surface area contributed by atoms with E-state index in [0.29, 0.717) is 0 Å². The van der Waals surface area contributed by atoms with Crippen LogP contribution in [0.1, 0.15) is 32.6 Å². The third kappa shape index (κ3) is 2.35. The van der Waals surface area contributed by atoms with E-state index in [9.17, 15) is 9.90 Å². The second-order valence-corrected chi connectivity index (χ2v) is 4.12. The Balaban J connectivity index is 2.75. The van der Waals surface area contributed by atoms with Gasteiger partial charge in [-0.05, 0) is 32.1 Å². The first-order valence-corrected chi connectivity index (χ1v) is 5.12. The van der Waals surface area contributed by atoms with E-state index in [0.717, 1.165) is 31.3 Å². The van der Waals surface area contributed by atoms with Crippen molar-refractivity contribution in [3.8, 4) is 0 Å². The van der Waals surface area contributed by atoms with Crippen molar-refractivity contribution in [1.82, 2.24) is 0 Å². The maximum Gasteiger partial charge on any atom is 0.309 e. The Morgan fingerprint density at radius 2 is 2.21 bits per heavy atom. The third-order valence-corrected chi connectivity index (χ3v) is 3.03. The largest absolute Gasteiger partial charge is 0.481 e. The minimum absolute atomic E-state index is 0.0405. The summed E-state index contributed by atoms with van der Waals surface area (Å²) in [5, 5.41) is 18.4. The van der Waals surface area contributed by atoms with Gasteiger partial charge in [-0.1, -0.05) is 18.6 Å². The Morgan fingerprint density at radius 3 is 2.64 bits per heavy atom. The SMILES string of the molecule is C=C1CCCC[C@@H]1[C@H](C(=O)O)[C@H](C)O. The molecule has 0 aliphatic heterocycles. The highest BCUT2D eigenvalue weighted by Gasteiger charge is 2.34. The Morgan fingerprint density at radius 1 is 1.57 bits per heavy atom. The zero-order valence-corrected chi connectivity index (χ0v) is 8.57. The van der Waals surface area contributed by atoms with Gasteiger partial charge in [-0.3, -0.25) is 4.79 Å². The predicted molar refractivity (Wildman–Crippen MR) is 53.9 cm³/mol. The van der Waals surface area contributed by atoms with Crippen molar-refractivity contribution in [2.24, 2.45) is 11.8 Å². The summed E-state index contributed by atoms with van der Waals surface area (Å²) in [6.45, 7) is 5.45.